The molecule has 2 heterocycles. The van der Waals surface area contributed by atoms with Crippen molar-refractivity contribution in [3.63, 3.8) is 0 Å². The van der Waals surface area contributed by atoms with Gasteiger partial charge in [0.1, 0.15) is 11.9 Å². The van der Waals surface area contributed by atoms with Crippen molar-refractivity contribution in [2.75, 3.05) is 25.5 Å². The lowest BCUT2D eigenvalue weighted by molar-refractivity contribution is -0.127. The number of piperazine rings is 1. The Balaban J connectivity index is 2.29. The summed E-state index contributed by atoms with van der Waals surface area (Å²) in [6.07, 6.45) is 2.23. The van der Waals surface area contributed by atoms with Gasteiger partial charge in [-0.25, -0.2) is 4.98 Å². The summed E-state index contributed by atoms with van der Waals surface area (Å²) in [5.41, 5.74) is 0.498. The largest absolute Gasteiger partial charge is 0.372 e. The Morgan fingerprint density at radius 1 is 1.63 bits per heavy atom. The maximum absolute atomic E-state index is 12.6. The number of amides is 2. The maximum atomic E-state index is 12.6. The molecule has 102 valence electrons. The molecule has 1 atom stereocenters. The molecule has 0 saturated carbocycles. The molecule has 1 aliphatic rings. The van der Waals surface area contributed by atoms with Crippen LogP contribution in [0.1, 0.15) is 23.7 Å². The number of carbonyl (C=O) groups is 2. The molecule has 1 aromatic heterocycles. The Hall–Kier alpha value is -2.11. The molecule has 2 rings (SSSR count). The third kappa shape index (κ3) is 2.52. The van der Waals surface area contributed by atoms with E-state index in [9.17, 15) is 9.59 Å². The SMILES string of the molecule is CCC1C(=O)NCCN1C(=O)c1cccnc1NC. The van der Waals surface area contributed by atoms with Crippen LogP contribution in [0, 0.1) is 0 Å². The summed E-state index contributed by atoms with van der Waals surface area (Å²) in [7, 11) is 1.72. The number of aromatic nitrogens is 1. The molecule has 1 aliphatic heterocycles. The molecule has 0 bridgehead atoms. The molecule has 0 aromatic carbocycles. The highest BCUT2D eigenvalue weighted by Crippen LogP contribution is 2.18. The zero-order valence-electron chi connectivity index (χ0n) is 11.1. The predicted molar refractivity (Wildman–Crippen MR) is 71.9 cm³/mol. The van der Waals surface area contributed by atoms with Gasteiger partial charge >= 0.3 is 0 Å². The van der Waals surface area contributed by atoms with E-state index in [1.165, 1.54) is 0 Å². The number of pyridine rings is 1. The lowest BCUT2D eigenvalue weighted by atomic mass is 10.1. The summed E-state index contributed by atoms with van der Waals surface area (Å²) in [6, 6.07) is 3.05. The van der Waals surface area contributed by atoms with Crippen LogP contribution in [0.4, 0.5) is 5.82 Å². The van der Waals surface area contributed by atoms with Gasteiger partial charge in [-0.05, 0) is 18.6 Å². The zero-order chi connectivity index (χ0) is 13.8. The standard InChI is InChI=1S/C13H18N4O2/c1-3-10-12(18)16-7-8-17(10)13(19)9-5-4-6-15-11(9)14-2/h4-6,10H,3,7-8H2,1-2H3,(H,14,15)(H,16,18). The Labute approximate surface area is 112 Å². The van der Waals surface area contributed by atoms with E-state index < -0.39 is 6.04 Å². The van der Waals surface area contributed by atoms with E-state index in [2.05, 4.69) is 15.6 Å². The average Bonchev–Trinajstić information content (AvgIpc) is 2.46. The van der Waals surface area contributed by atoms with Gasteiger partial charge in [0.25, 0.3) is 5.91 Å². The second kappa shape index (κ2) is 5.69. The Morgan fingerprint density at radius 2 is 2.42 bits per heavy atom. The first-order valence-corrected chi connectivity index (χ1v) is 6.40. The monoisotopic (exact) mass is 262 g/mol. The van der Waals surface area contributed by atoms with Crippen molar-refractivity contribution in [2.45, 2.75) is 19.4 Å². The first-order chi connectivity index (χ1) is 9.19. The summed E-state index contributed by atoms with van der Waals surface area (Å²) >= 11 is 0. The molecular weight excluding hydrogens is 244 g/mol. The minimum absolute atomic E-state index is 0.0861. The molecule has 0 radical (unpaired) electrons. The van der Waals surface area contributed by atoms with E-state index in [4.69, 9.17) is 0 Å². The molecule has 2 amide bonds. The van der Waals surface area contributed by atoms with Crippen LogP contribution in [0.15, 0.2) is 18.3 Å². The Kier molecular flexibility index (Phi) is 3.99. The maximum Gasteiger partial charge on any atom is 0.258 e. The van der Waals surface area contributed by atoms with E-state index in [-0.39, 0.29) is 11.8 Å². The van der Waals surface area contributed by atoms with E-state index in [1.807, 2.05) is 6.92 Å². The zero-order valence-corrected chi connectivity index (χ0v) is 11.1. The second-order valence-electron chi connectivity index (χ2n) is 4.36. The Morgan fingerprint density at radius 3 is 3.11 bits per heavy atom. The van der Waals surface area contributed by atoms with Crippen molar-refractivity contribution in [2.24, 2.45) is 0 Å². The molecule has 1 saturated heterocycles. The van der Waals surface area contributed by atoms with Crippen LogP contribution in [-0.4, -0.2) is 47.9 Å². The fourth-order valence-electron chi connectivity index (χ4n) is 2.30. The molecular formula is C13H18N4O2. The van der Waals surface area contributed by atoms with Crippen LogP contribution in [-0.2, 0) is 4.79 Å². The fourth-order valence-corrected chi connectivity index (χ4v) is 2.30. The second-order valence-corrected chi connectivity index (χ2v) is 4.36. The first-order valence-electron chi connectivity index (χ1n) is 6.40. The van der Waals surface area contributed by atoms with Gasteiger partial charge in [0, 0.05) is 26.3 Å². The van der Waals surface area contributed by atoms with Gasteiger partial charge in [0.05, 0.1) is 5.56 Å². The van der Waals surface area contributed by atoms with Gasteiger partial charge in [-0.1, -0.05) is 6.92 Å². The highest BCUT2D eigenvalue weighted by Gasteiger charge is 2.32. The molecule has 19 heavy (non-hydrogen) atoms. The van der Waals surface area contributed by atoms with Crippen LogP contribution in [0.2, 0.25) is 0 Å². The molecule has 2 N–H and O–H groups in total. The summed E-state index contributed by atoms with van der Waals surface area (Å²) in [5, 5.41) is 5.68. The lowest BCUT2D eigenvalue weighted by Gasteiger charge is -2.34. The van der Waals surface area contributed by atoms with Gasteiger partial charge in [-0.2, -0.15) is 0 Å². The van der Waals surface area contributed by atoms with Crippen LogP contribution >= 0.6 is 0 Å². The van der Waals surface area contributed by atoms with Gasteiger partial charge < -0.3 is 15.5 Å². The van der Waals surface area contributed by atoms with Crippen LogP contribution < -0.4 is 10.6 Å². The third-order valence-electron chi connectivity index (χ3n) is 3.25. The number of nitrogens with one attached hydrogen (secondary N) is 2. The number of carbonyl (C=O) groups excluding carboxylic acids is 2. The van der Waals surface area contributed by atoms with Crippen molar-refractivity contribution in [3.05, 3.63) is 23.9 Å². The van der Waals surface area contributed by atoms with Gasteiger partial charge in [0.15, 0.2) is 0 Å². The highest BCUT2D eigenvalue weighted by atomic mass is 16.2. The number of hydrogen-bond donors (Lipinski definition) is 2. The van der Waals surface area contributed by atoms with Crippen LogP contribution in [0.5, 0.6) is 0 Å². The van der Waals surface area contributed by atoms with Crippen LogP contribution in [0.25, 0.3) is 0 Å². The minimum Gasteiger partial charge on any atom is -0.372 e. The van der Waals surface area contributed by atoms with E-state index in [1.54, 1.807) is 30.3 Å². The molecule has 0 spiro atoms. The van der Waals surface area contributed by atoms with Crippen molar-refractivity contribution in [1.82, 2.24) is 15.2 Å². The van der Waals surface area contributed by atoms with Gasteiger partial charge in [-0.3, -0.25) is 9.59 Å². The van der Waals surface area contributed by atoms with Crippen molar-refractivity contribution >= 4 is 17.6 Å². The molecule has 6 nitrogen and oxygen atoms in total. The summed E-state index contributed by atoms with van der Waals surface area (Å²) in [5.74, 6) is 0.296. The summed E-state index contributed by atoms with van der Waals surface area (Å²) < 4.78 is 0. The predicted octanol–water partition coefficient (Wildman–Crippen LogP) is 0.474. The third-order valence-corrected chi connectivity index (χ3v) is 3.25. The Bertz CT molecular complexity index is 489. The number of anilines is 1. The lowest BCUT2D eigenvalue weighted by Crippen LogP contribution is -2.57. The number of nitrogens with zero attached hydrogens (tertiary/aromatic N) is 2. The molecule has 1 fully saturated rings. The summed E-state index contributed by atoms with van der Waals surface area (Å²) in [6.45, 7) is 2.93. The fraction of sp³-hybridized carbons (Fsp3) is 0.462. The molecule has 6 heteroatoms. The minimum atomic E-state index is -0.397. The number of rotatable bonds is 3. The highest BCUT2D eigenvalue weighted by molar-refractivity contribution is 6.01. The molecule has 1 unspecified atom stereocenters. The average molecular weight is 262 g/mol. The topological polar surface area (TPSA) is 74.3 Å². The van der Waals surface area contributed by atoms with E-state index in [0.717, 1.165) is 0 Å². The quantitative estimate of drug-likeness (QED) is 0.830. The van der Waals surface area contributed by atoms with E-state index >= 15 is 0 Å². The smallest absolute Gasteiger partial charge is 0.258 e. The normalized spacial score (nSPS) is 18.9. The van der Waals surface area contributed by atoms with Crippen molar-refractivity contribution in [3.8, 4) is 0 Å². The van der Waals surface area contributed by atoms with Crippen molar-refractivity contribution in [1.29, 1.82) is 0 Å². The molecule has 1 aromatic rings. The molecule has 0 aliphatic carbocycles. The van der Waals surface area contributed by atoms with Gasteiger partial charge in [0.2, 0.25) is 5.91 Å². The van der Waals surface area contributed by atoms with Gasteiger partial charge in [-0.15, -0.1) is 0 Å². The number of hydrogen-bond acceptors (Lipinski definition) is 4. The van der Waals surface area contributed by atoms with Crippen molar-refractivity contribution < 1.29 is 9.59 Å². The van der Waals surface area contributed by atoms with E-state index in [0.29, 0.717) is 30.9 Å². The van der Waals surface area contributed by atoms with Crippen LogP contribution in [0.3, 0.4) is 0 Å². The summed E-state index contributed by atoms with van der Waals surface area (Å²) in [4.78, 5) is 30.1. The first kappa shape index (κ1) is 13.3.